The summed E-state index contributed by atoms with van der Waals surface area (Å²) in [7, 11) is 0. The Morgan fingerprint density at radius 3 is 2.50 bits per heavy atom. The molecule has 0 radical (unpaired) electrons. The zero-order chi connectivity index (χ0) is 21.4. The maximum Gasteiger partial charge on any atom is 0.416 e. The van der Waals surface area contributed by atoms with Crippen LogP contribution in [-0.4, -0.2) is 29.6 Å². The van der Waals surface area contributed by atoms with E-state index in [-0.39, 0.29) is 5.69 Å². The predicted molar refractivity (Wildman–Crippen MR) is 107 cm³/mol. The van der Waals surface area contributed by atoms with Gasteiger partial charge in [0.05, 0.1) is 11.3 Å². The minimum atomic E-state index is -4.45. The number of hydrogen-bond donors (Lipinski definition) is 2. The third-order valence-electron chi connectivity index (χ3n) is 5.47. The number of rotatable bonds is 2. The summed E-state index contributed by atoms with van der Waals surface area (Å²) in [5.41, 5.74) is 4.93. The van der Waals surface area contributed by atoms with E-state index in [0.29, 0.717) is 25.9 Å². The molecule has 8 heteroatoms. The monoisotopic (exact) mass is 417 g/mol. The Morgan fingerprint density at radius 1 is 1.13 bits per heavy atom. The van der Waals surface area contributed by atoms with Crippen molar-refractivity contribution in [1.29, 1.82) is 0 Å². The summed E-state index contributed by atoms with van der Waals surface area (Å²) >= 11 is 0. The number of carbonyl (C=O) groups is 1. The van der Waals surface area contributed by atoms with Crippen LogP contribution in [0.2, 0.25) is 0 Å². The van der Waals surface area contributed by atoms with Crippen LogP contribution in [-0.2, 0) is 11.0 Å². The average Bonchev–Trinajstić information content (AvgIpc) is 3.12. The lowest BCUT2D eigenvalue weighted by Gasteiger charge is -2.36. The van der Waals surface area contributed by atoms with Crippen molar-refractivity contribution in [2.24, 2.45) is 0 Å². The first-order valence-corrected chi connectivity index (χ1v) is 9.71. The third-order valence-corrected chi connectivity index (χ3v) is 5.47. The number of likely N-dealkylation sites (tertiary alicyclic amines) is 1. The molecule has 0 atom stereocenters. The quantitative estimate of drug-likeness (QED) is 0.727. The zero-order valence-corrected chi connectivity index (χ0v) is 16.4. The minimum absolute atomic E-state index is 0.121. The van der Waals surface area contributed by atoms with Gasteiger partial charge in [0.1, 0.15) is 5.60 Å². The molecule has 0 unspecified atom stereocenters. The number of piperidine rings is 1. The summed E-state index contributed by atoms with van der Waals surface area (Å²) in [5, 5.41) is 2.56. The van der Waals surface area contributed by atoms with Crippen LogP contribution in [0.1, 0.15) is 29.5 Å². The number of hydroxylamine groups is 1. The second-order valence-corrected chi connectivity index (χ2v) is 7.69. The van der Waals surface area contributed by atoms with Crippen LogP contribution in [0.4, 0.5) is 23.7 Å². The number of aryl methyl sites for hydroxylation is 1. The highest BCUT2D eigenvalue weighted by atomic mass is 19.4. The van der Waals surface area contributed by atoms with Crippen LogP contribution < -0.4 is 10.8 Å². The molecule has 2 aromatic rings. The third kappa shape index (κ3) is 4.28. The van der Waals surface area contributed by atoms with Crippen molar-refractivity contribution in [3.05, 3.63) is 71.3 Å². The van der Waals surface area contributed by atoms with Crippen LogP contribution in [0.25, 0.3) is 5.70 Å². The second kappa shape index (κ2) is 7.68. The molecule has 2 aromatic carbocycles. The standard InChI is InChI=1S/C22H22F3N3O2/c1-15-5-7-16(8-6-15)19-14-21(30-27-19)9-11-28(12-10-21)20(29)26-18-4-2-3-17(13-18)22(23,24)25/h2-8,13-14,27H,9-12H2,1H3,(H,26,29). The smallest absolute Gasteiger partial charge is 0.324 e. The van der Waals surface area contributed by atoms with Crippen molar-refractivity contribution in [3.63, 3.8) is 0 Å². The number of alkyl halides is 3. The van der Waals surface area contributed by atoms with Crippen LogP contribution >= 0.6 is 0 Å². The van der Waals surface area contributed by atoms with Crippen LogP contribution in [0.5, 0.6) is 0 Å². The lowest BCUT2D eigenvalue weighted by atomic mass is 9.90. The molecule has 1 saturated heterocycles. The zero-order valence-electron chi connectivity index (χ0n) is 16.4. The molecule has 1 spiro atoms. The molecule has 5 nitrogen and oxygen atoms in total. The largest absolute Gasteiger partial charge is 0.416 e. The van der Waals surface area contributed by atoms with Crippen molar-refractivity contribution >= 4 is 17.4 Å². The maximum absolute atomic E-state index is 12.9. The van der Waals surface area contributed by atoms with Gasteiger partial charge in [-0.2, -0.15) is 13.2 Å². The summed E-state index contributed by atoms with van der Waals surface area (Å²) in [6, 6.07) is 12.3. The van der Waals surface area contributed by atoms with Crippen molar-refractivity contribution in [3.8, 4) is 0 Å². The van der Waals surface area contributed by atoms with Gasteiger partial charge in [0.2, 0.25) is 0 Å². The number of anilines is 1. The number of benzene rings is 2. The Bertz CT molecular complexity index is 962. The van der Waals surface area contributed by atoms with Crippen molar-refractivity contribution in [2.75, 3.05) is 18.4 Å². The summed E-state index contributed by atoms with van der Waals surface area (Å²) in [5.74, 6) is 0. The number of halogens is 3. The lowest BCUT2D eigenvalue weighted by molar-refractivity contribution is -0.137. The number of nitrogens with zero attached hydrogens (tertiary/aromatic N) is 1. The number of nitrogens with one attached hydrogen (secondary N) is 2. The predicted octanol–water partition coefficient (Wildman–Crippen LogP) is 4.96. The Labute approximate surface area is 172 Å². The van der Waals surface area contributed by atoms with E-state index in [1.165, 1.54) is 17.7 Å². The second-order valence-electron chi connectivity index (χ2n) is 7.69. The molecule has 0 saturated carbocycles. The molecule has 2 N–H and O–H groups in total. The summed E-state index contributed by atoms with van der Waals surface area (Å²) in [6.45, 7) is 2.90. The first kappa shape index (κ1) is 20.3. The van der Waals surface area contributed by atoms with E-state index < -0.39 is 23.4 Å². The molecule has 158 valence electrons. The molecule has 2 amide bonds. The van der Waals surface area contributed by atoms with Crippen LogP contribution in [0.15, 0.2) is 54.6 Å². The van der Waals surface area contributed by atoms with Gasteiger partial charge in [-0.3, -0.25) is 10.3 Å². The molecule has 2 heterocycles. The number of hydrogen-bond acceptors (Lipinski definition) is 3. The fourth-order valence-electron chi connectivity index (χ4n) is 3.66. The fraction of sp³-hybridized carbons (Fsp3) is 0.318. The van der Waals surface area contributed by atoms with E-state index in [4.69, 9.17) is 4.84 Å². The Hall–Kier alpha value is -3.00. The van der Waals surface area contributed by atoms with Gasteiger partial charge in [-0.15, -0.1) is 0 Å². The Morgan fingerprint density at radius 2 is 1.83 bits per heavy atom. The molecule has 4 rings (SSSR count). The Balaban J connectivity index is 1.38. The highest BCUT2D eigenvalue weighted by molar-refractivity contribution is 5.89. The van der Waals surface area contributed by atoms with Crippen LogP contribution in [0.3, 0.4) is 0 Å². The molecular formula is C22H22F3N3O2. The molecule has 2 aliphatic heterocycles. The highest BCUT2D eigenvalue weighted by Crippen LogP contribution is 2.35. The van der Waals surface area contributed by atoms with Gasteiger partial charge in [0, 0.05) is 31.6 Å². The van der Waals surface area contributed by atoms with Gasteiger partial charge in [-0.1, -0.05) is 35.9 Å². The number of carbonyl (C=O) groups excluding carboxylic acids is 1. The molecule has 0 aliphatic carbocycles. The van der Waals surface area contributed by atoms with Crippen molar-refractivity contribution in [2.45, 2.75) is 31.5 Å². The van der Waals surface area contributed by atoms with E-state index in [1.54, 1.807) is 4.90 Å². The molecule has 30 heavy (non-hydrogen) atoms. The van der Waals surface area contributed by atoms with E-state index in [2.05, 4.69) is 16.9 Å². The van der Waals surface area contributed by atoms with Crippen molar-refractivity contribution in [1.82, 2.24) is 10.4 Å². The summed E-state index contributed by atoms with van der Waals surface area (Å²) < 4.78 is 38.6. The topological polar surface area (TPSA) is 53.6 Å². The van der Waals surface area contributed by atoms with Gasteiger partial charge in [-0.25, -0.2) is 4.79 Å². The molecule has 0 bridgehead atoms. The van der Waals surface area contributed by atoms with Gasteiger partial charge in [0.25, 0.3) is 0 Å². The van der Waals surface area contributed by atoms with E-state index in [0.717, 1.165) is 23.4 Å². The molecular weight excluding hydrogens is 395 g/mol. The highest BCUT2D eigenvalue weighted by Gasteiger charge is 2.40. The first-order chi connectivity index (χ1) is 14.2. The van der Waals surface area contributed by atoms with Crippen LogP contribution in [0, 0.1) is 6.92 Å². The minimum Gasteiger partial charge on any atom is -0.324 e. The average molecular weight is 417 g/mol. The summed E-state index contributed by atoms with van der Waals surface area (Å²) in [6.07, 6.45) is -1.22. The van der Waals surface area contributed by atoms with Gasteiger partial charge in [-0.05, 0) is 36.8 Å². The van der Waals surface area contributed by atoms with Gasteiger partial charge < -0.3 is 10.2 Å². The number of amides is 2. The molecule has 1 fully saturated rings. The summed E-state index contributed by atoms with van der Waals surface area (Å²) in [4.78, 5) is 20.0. The molecule has 2 aliphatic rings. The normalized spacial score (nSPS) is 18.1. The fourth-order valence-corrected chi connectivity index (χ4v) is 3.66. The van der Waals surface area contributed by atoms with E-state index in [1.807, 2.05) is 31.2 Å². The molecule has 0 aromatic heterocycles. The van der Waals surface area contributed by atoms with Gasteiger partial charge in [0.15, 0.2) is 0 Å². The van der Waals surface area contributed by atoms with E-state index >= 15 is 0 Å². The van der Waals surface area contributed by atoms with E-state index in [9.17, 15) is 18.0 Å². The number of urea groups is 1. The lowest BCUT2D eigenvalue weighted by Crippen LogP contribution is -2.48. The first-order valence-electron chi connectivity index (χ1n) is 9.71. The Kier molecular flexibility index (Phi) is 5.19. The SMILES string of the molecule is Cc1ccc(C2=CC3(CCN(C(=O)Nc4cccc(C(F)(F)F)c4)CC3)ON2)cc1. The van der Waals surface area contributed by atoms with Gasteiger partial charge >= 0.3 is 12.2 Å². The van der Waals surface area contributed by atoms with Crippen molar-refractivity contribution < 1.29 is 22.8 Å². The maximum atomic E-state index is 12.9.